The first-order chi connectivity index (χ1) is 13.8. The molecule has 0 unspecified atom stereocenters. The van der Waals surface area contributed by atoms with Gasteiger partial charge in [-0.25, -0.2) is 9.97 Å². The molecule has 0 fully saturated rings. The van der Waals surface area contributed by atoms with Gasteiger partial charge in [-0.3, -0.25) is 4.98 Å². The Morgan fingerprint density at radius 3 is 1.93 bits per heavy atom. The topological polar surface area (TPSA) is 50.7 Å². The fraction of sp³-hybridized carbons (Fsp3) is 0.625. The molecule has 0 bridgehead atoms. The van der Waals surface area contributed by atoms with Crippen LogP contribution in [0.4, 0.5) is 5.82 Å². The number of hydrogen-bond acceptors (Lipinski definition) is 4. The fourth-order valence-electron chi connectivity index (χ4n) is 3.47. The Balaban J connectivity index is 1.54. The van der Waals surface area contributed by atoms with E-state index in [1.807, 2.05) is 25.1 Å². The summed E-state index contributed by atoms with van der Waals surface area (Å²) in [6, 6.07) is 5.92. The molecule has 0 aromatic carbocycles. The van der Waals surface area contributed by atoms with Gasteiger partial charge in [0.15, 0.2) is 5.82 Å². The molecule has 0 atom stereocenters. The van der Waals surface area contributed by atoms with Crippen molar-refractivity contribution in [2.45, 2.75) is 90.9 Å². The van der Waals surface area contributed by atoms with Crippen LogP contribution in [0.2, 0.25) is 0 Å². The van der Waals surface area contributed by atoms with Crippen molar-refractivity contribution < 1.29 is 0 Å². The second-order valence-corrected chi connectivity index (χ2v) is 7.77. The van der Waals surface area contributed by atoms with Crippen LogP contribution in [-0.2, 0) is 0 Å². The van der Waals surface area contributed by atoms with Crippen molar-refractivity contribution >= 4 is 5.82 Å². The summed E-state index contributed by atoms with van der Waals surface area (Å²) in [5.74, 6) is 1.68. The van der Waals surface area contributed by atoms with Crippen LogP contribution in [0.3, 0.4) is 0 Å². The van der Waals surface area contributed by atoms with E-state index in [0.29, 0.717) is 0 Å². The number of unbranched alkanes of at least 4 members (excludes halogenated alkanes) is 11. The molecule has 0 spiro atoms. The van der Waals surface area contributed by atoms with Gasteiger partial charge in [0.05, 0.1) is 0 Å². The highest BCUT2D eigenvalue weighted by atomic mass is 15.0. The third kappa shape index (κ3) is 9.29. The third-order valence-electron chi connectivity index (χ3n) is 5.13. The lowest BCUT2D eigenvalue weighted by atomic mass is 10.1. The molecule has 2 aromatic rings. The van der Waals surface area contributed by atoms with Crippen molar-refractivity contribution in [2.24, 2.45) is 0 Å². The number of nitrogens with zero attached hydrogens (tertiary/aromatic N) is 3. The number of aryl methyl sites for hydroxylation is 1. The Kier molecular flexibility index (Phi) is 11.2. The molecule has 4 nitrogen and oxygen atoms in total. The second-order valence-electron chi connectivity index (χ2n) is 7.77. The first kappa shape index (κ1) is 22.3. The van der Waals surface area contributed by atoms with E-state index in [2.05, 4.69) is 27.2 Å². The van der Waals surface area contributed by atoms with E-state index >= 15 is 0 Å². The monoisotopic (exact) mass is 382 g/mol. The molecule has 0 aliphatic carbocycles. The molecule has 154 valence electrons. The molecule has 4 heteroatoms. The molecule has 0 aliphatic rings. The predicted octanol–water partition coefficient (Wildman–Crippen LogP) is 6.96. The molecule has 2 heterocycles. The van der Waals surface area contributed by atoms with Crippen molar-refractivity contribution in [3.05, 3.63) is 36.3 Å². The summed E-state index contributed by atoms with van der Waals surface area (Å²) in [5.41, 5.74) is 1.99. The zero-order valence-corrected chi connectivity index (χ0v) is 17.9. The Morgan fingerprint density at radius 1 is 0.750 bits per heavy atom. The van der Waals surface area contributed by atoms with E-state index in [1.165, 1.54) is 77.0 Å². The molecule has 0 amide bonds. The predicted molar refractivity (Wildman–Crippen MR) is 120 cm³/mol. The molecule has 28 heavy (non-hydrogen) atoms. The van der Waals surface area contributed by atoms with Crippen LogP contribution in [0.15, 0.2) is 30.6 Å². The minimum Gasteiger partial charge on any atom is -0.370 e. The zero-order valence-electron chi connectivity index (χ0n) is 17.9. The SMILES string of the molecule is CCCCCCCCCCCCCCNc1cc(C)nc(-c2ccncc2)n1. The summed E-state index contributed by atoms with van der Waals surface area (Å²) in [5, 5.41) is 3.46. The average Bonchev–Trinajstić information content (AvgIpc) is 2.72. The van der Waals surface area contributed by atoms with Gasteiger partial charge in [0, 0.05) is 36.3 Å². The lowest BCUT2D eigenvalue weighted by Gasteiger charge is -2.09. The van der Waals surface area contributed by atoms with Crippen molar-refractivity contribution in [3.8, 4) is 11.4 Å². The minimum absolute atomic E-state index is 0.764. The molecule has 2 aromatic heterocycles. The average molecular weight is 383 g/mol. The molecular formula is C24H38N4. The van der Waals surface area contributed by atoms with E-state index < -0.39 is 0 Å². The maximum atomic E-state index is 4.65. The van der Waals surface area contributed by atoms with Gasteiger partial charge in [0.2, 0.25) is 0 Å². The van der Waals surface area contributed by atoms with Crippen LogP contribution in [0, 0.1) is 6.92 Å². The van der Waals surface area contributed by atoms with Crippen molar-refractivity contribution in [2.75, 3.05) is 11.9 Å². The van der Waals surface area contributed by atoms with Gasteiger partial charge >= 0.3 is 0 Å². The first-order valence-corrected chi connectivity index (χ1v) is 11.3. The van der Waals surface area contributed by atoms with Gasteiger partial charge in [-0.15, -0.1) is 0 Å². The quantitative estimate of drug-likeness (QED) is 0.338. The van der Waals surface area contributed by atoms with E-state index in [1.54, 1.807) is 12.4 Å². The molecule has 0 aliphatic heterocycles. The summed E-state index contributed by atoms with van der Waals surface area (Å²) in [6.07, 6.45) is 20.1. The molecular weight excluding hydrogens is 344 g/mol. The van der Waals surface area contributed by atoms with E-state index in [0.717, 1.165) is 29.4 Å². The van der Waals surface area contributed by atoms with Crippen molar-refractivity contribution in [1.29, 1.82) is 0 Å². The third-order valence-corrected chi connectivity index (χ3v) is 5.13. The van der Waals surface area contributed by atoms with Crippen LogP contribution in [0.25, 0.3) is 11.4 Å². The molecule has 0 saturated heterocycles. The van der Waals surface area contributed by atoms with Gasteiger partial charge in [-0.1, -0.05) is 77.6 Å². The van der Waals surface area contributed by atoms with Gasteiger partial charge in [0.1, 0.15) is 5.82 Å². The maximum absolute atomic E-state index is 4.65. The Labute approximate surface area is 171 Å². The molecule has 0 radical (unpaired) electrons. The van der Waals surface area contributed by atoms with Gasteiger partial charge in [-0.2, -0.15) is 0 Å². The van der Waals surface area contributed by atoms with E-state index in [4.69, 9.17) is 0 Å². The minimum atomic E-state index is 0.764. The first-order valence-electron chi connectivity index (χ1n) is 11.3. The number of pyridine rings is 1. The fourth-order valence-corrected chi connectivity index (χ4v) is 3.47. The number of hydrogen-bond donors (Lipinski definition) is 1. The van der Waals surface area contributed by atoms with Crippen LogP contribution in [-0.4, -0.2) is 21.5 Å². The lowest BCUT2D eigenvalue weighted by Crippen LogP contribution is -2.05. The smallest absolute Gasteiger partial charge is 0.161 e. The summed E-state index contributed by atoms with van der Waals surface area (Å²) in [7, 11) is 0. The largest absolute Gasteiger partial charge is 0.370 e. The Morgan fingerprint density at radius 2 is 1.32 bits per heavy atom. The summed E-state index contributed by atoms with van der Waals surface area (Å²) < 4.78 is 0. The van der Waals surface area contributed by atoms with E-state index in [-0.39, 0.29) is 0 Å². The van der Waals surface area contributed by atoms with Gasteiger partial charge < -0.3 is 5.32 Å². The Bertz CT molecular complexity index is 642. The van der Waals surface area contributed by atoms with Crippen molar-refractivity contribution in [3.63, 3.8) is 0 Å². The van der Waals surface area contributed by atoms with Gasteiger partial charge in [-0.05, 0) is 25.5 Å². The van der Waals surface area contributed by atoms with Crippen LogP contribution in [0.5, 0.6) is 0 Å². The molecule has 2 rings (SSSR count). The van der Waals surface area contributed by atoms with Crippen LogP contribution < -0.4 is 5.32 Å². The number of nitrogens with one attached hydrogen (secondary N) is 1. The number of aromatic nitrogens is 3. The highest BCUT2D eigenvalue weighted by Crippen LogP contribution is 2.17. The summed E-state index contributed by atoms with van der Waals surface area (Å²) in [6.45, 7) is 5.27. The normalized spacial score (nSPS) is 10.9. The highest BCUT2D eigenvalue weighted by molar-refractivity contribution is 5.56. The standard InChI is InChI=1S/C24H38N4/c1-3-4-5-6-7-8-9-10-11-12-13-14-17-26-23-20-21(2)27-24(28-23)22-15-18-25-19-16-22/h15-16,18-20H,3-14,17H2,1-2H3,(H,26,27,28). The van der Waals surface area contributed by atoms with Gasteiger partial charge in [0.25, 0.3) is 0 Å². The molecule has 1 N–H and O–H groups in total. The zero-order chi connectivity index (χ0) is 19.9. The van der Waals surface area contributed by atoms with Crippen LogP contribution in [0.1, 0.15) is 89.7 Å². The number of anilines is 1. The second kappa shape index (κ2) is 14.1. The lowest BCUT2D eigenvalue weighted by molar-refractivity contribution is 0.546. The van der Waals surface area contributed by atoms with Crippen molar-refractivity contribution in [1.82, 2.24) is 15.0 Å². The number of rotatable bonds is 15. The molecule has 0 saturated carbocycles. The highest BCUT2D eigenvalue weighted by Gasteiger charge is 2.04. The summed E-state index contributed by atoms with van der Waals surface area (Å²) in [4.78, 5) is 13.2. The Hall–Kier alpha value is -1.97. The maximum Gasteiger partial charge on any atom is 0.161 e. The van der Waals surface area contributed by atoms with E-state index in [9.17, 15) is 0 Å². The summed E-state index contributed by atoms with van der Waals surface area (Å²) >= 11 is 0. The van der Waals surface area contributed by atoms with Crippen LogP contribution >= 0.6 is 0 Å².